The fourth-order valence-electron chi connectivity index (χ4n) is 1.82. The van der Waals surface area contributed by atoms with Crippen LogP contribution in [0.25, 0.3) is 0 Å². The van der Waals surface area contributed by atoms with Gasteiger partial charge < -0.3 is 5.32 Å². The number of hydrogen-bond donors (Lipinski definition) is 1. The molecule has 0 saturated carbocycles. The zero-order valence-corrected chi connectivity index (χ0v) is 13.0. The lowest BCUT2D eigenvalue weighted by atomic mass is 10.2. The topological polar surface area (TPSA) is 37.8 Å². The molecule has 3 aromatic rings. The SMILES string of the molecule is c1ccc(CSc2cncc(NCc3ccsc3)n2)cc1. The Bertz CT molecular complexity index is 669. The Kier molecular flexibility index (Phi) is 4.86. The van der Waals surface area contributed by atoms with Crippen LogP contribution in [-0.4, -0.2) is 9.97 Å². The van der Waals surface area contributed by atoms with E-state index >= 15 is 0 Å². The average Bonchev–Trinajstić information content (AvgIpc) is 3.06. The van der Waals surface area contributed by atoms with Gasteiger partial charge in [0.2, 0.25) is 0 Å². The maximum Gasteiger partial charge on any atom is 0.146 e. The van der Waals surface area contributed by atoms with E-state index in [2.05, 4.69) is 56.4 Å². The second kappa shape index (κ2) is 7.24. The van der Waals surface area contributed by atoms with Crippen molar-refractivity contribution in [3.63, 3.8) is 0 Å². The lowest BCUT2D eigenvalue weighted by molar-refractivity contribution is 1.02. The van der Waals surface area contributed by atoms with Crippen molar-refractivity contribution >= 4 is 28.9 Å². The Morgan fingerprint density at radius 2 is 1.95 bits per heavy atom. The highest BCUT2D eigenvalue weighted by Crippen LogP contribution is 2.21. The molecular formula is C16H15N3S2. The second-order valence-corrected chi connectivity index (χ2v) is 6.28. The third-order valence-electron chi connectivity index (χ3n) is 2.90. The van der Waals surface area contributed by atoms with Crippen molar-refractivity contribution in [2.75, 3.05) is 5.32 Å². The van der Waals surface area contributed by atoms with Crippen LogP contribution in [0.15, 0.2) is 64.6 Å². The van der Waals surface area contributed by atoms with Crippen molar-refractivity contribution in [1.29, 1.82) is 0 Å². The maximum absolute atomic E-state index is 4.58. The summed E-state index contributed by atoms with van der Waals surface area (Å²) >= 11 is 3.40. The first-order chi connectivity index (χ1) is 10.4. The summed E-state index contributed by atoms with van der Waals surface area (Å²) < 4.78 is 0. The molecule has 3 nitrogen and oxygen atoms in total. The van der Waals surface area contributed by atoms with Crippen LogP contribution in [0.3, 0.4) is 0 Å². The number of benzene rings is 1. The van der Waals surface area contributed by atoms with E-state index in [9.17, 15) is 0 Å². The van der Waals surface area contributed by atoms with E-state index in [4.69, 9.17) is 0 Å². The number of aromatic nitrogens is 2. The fraction of sp³-hybridized carbons (Fsp3) is 0.125. The first-order valence-electron chi connectivity index (χ1n) is 6.64. The van der Waals surface area contributed by atoms with Crippen LogP contribution in [0.1, 0.15) is 11.1 Å². The smallest absolute Gasteiger partial charge is 0.146 e. The standard InChI is InChI=1S/C16H15N3S2/c1-2-4-13(5-3-1)12-21-16-10-17-9-15(19-16)18-8-14-6-7-20-11-14/h1-7,9-11H,8,12H2,(H,18,19). The molecule has 106 valence electrons. The third-order valence-corrected chi connectivity index (χ3v) is 4.60. The Labute approximate surface area is 132 Å². The number of thiophene rings is 1. The maximum atomic E-state index is 4.58. The minimum atomic E-state index is 0.783. The van der Waals surface area contributed by atoms with Gasteiger partial charge in [0.05, 0.1) is 12.4 Å². The van der Waals surface area contributed by atoms with Crippen LogP contribution >= 0.6 is 23.1 Å². The summed E-state index contributed by atoms with van der Waals surface area (Å²) in [5, 5.41) is 8.46. The molecule has 0 amide bonds. The van der Waals surface area contributed by atoms with Crippen LogP contribution in [0.2, 0.25) is 0 Å². The van der Waals surface area contributed by atoms with Gasteiger partial charge in [0.15, 0.2) is 0 Å². The zero-order chi connectivity index (χ0) is 14.3. The summed E-state index contributed by atoms with van der Waals surface area (Å²) in [7, 11) is 0. The normalized spacial score (nSPS) is 10.5. The van der Waals surface area contributed by atoms with E-state index in [0.717, 1.165) is 23.1 Å². The van der Waals surface area contributed by atoms with E-state index in [1.165, 1.54) is 11.1 Å². The van der Waals surface area contributed by atoms with Crippen LogP contribution in [0.4, 0.5) is 5.82 Å². The van der Waals surface area contributed by atoms with Gasteiger partial charge in [-0.3, -0.25) is 4.98 Å². The summed E-state index contributed by atoms with van der Waals surface area (Å²) in [6.45, 7) is 0.783. The largest absolute Gasteiger partial charge is 0.365 e. The number of thioether (sulfide) groups is 1. The zero-order valence-electron chi connectivity index (χ0n) is 11.4. The molecule has 0 spiro atoms. The molecular weight excluding hydrogens is 298 g/mol. The van der Waals surface area contributed by atoms with E-state index in [0.29, 0.717) is 0 Å². The van der Waals surface area contributed by atoms with Crippen LogP contribution in [-0.2, 0) is 12.3 Å². The summed E-state index contributed by atoms with van der Waals surface area (Å²) in [6.07, 6.45) is 3.57. The summed E-state index contributed by atoms with van der Waals surface area (Å²) in [5.74, 6) is 1.73. The van der Waals surface area contributed by atoms with Gasteiger partial charge in [0.25, 0.3) is 0 Å². The van der Waals surface area contributed by atoms with Gasteiger partial charge in [-0.2, -0.15) is 11.3 Å². The van der Waals surface area contributed by atoms with Gasteiger partial charge in [-0.1, -0.05) is 30.3 Å². The van der Waals surface area contributed by atoms with Gasteiger partial charge in [-0.15, -0.1) is 11.8 Å². The van der Waals surface area contributed by atoms with Crippen LogP contribution in [0, 0.1) is 0 Å². The third kappa shape index (κ3) is 4.31. The van der Waals surface area contributed by atoms with Gasteiger partial charge in [0.1, 0.15) is 10.8 Å². The highest BCUT2D eigenvalue weighted by molar-refractivity contribution is 7.98. The molecule has 2 aromatic heterocycles. The van der Waals surface area contributed by atoms with Crippen LogP contribution in [0.5, 0.6) is 0 Å². The summed E-state index contributed by atoms with van der Waals surface area (Å²) in [6, 6.07) is 12.5. The summed E-state index contributed by atoms with van der Waals surface area (Å²) in [5.41, 5.74) is 2.56. The molecule has 1 N–H and O–H groups in total. The van der Waals surface area contributed by atoms with Crippen molar-refractivity contribution in [1.82, 2.24) is 9.97 Å². The van der Waals surface area contributed by atoms with Crippen molar-refractivity contribution in [3.8, 4) is 0 Å². The molecule has 5 heteroatoms. The Morgan fingerprint density at radius 1 is 1.05 bits per heavy atom. The Balaban J connectivity index is 1.58. The fourth-order valence-corrected chi connectivity index (χ4v) is 3.29. The van der Waals surface area contributed by atoms with Gasteiger partial charge in [-0.05, 0) is 28.0 Å². The molecule has 0 fully saturated rings. The molecule has 0 aliphatic heterocycles. The van der Waals surface area contributed by atoms with E-state index < -0.39 is 0 Å². The van der Waals surface area contributed by atoms with Crippen molar-refractivity contribution in [2.45, 2.75) is 17.3 Å². The molecule has 21 heavy (non-hydrogen) atoms. The first-order valence-corrected chi connectivity index (χ1v) is 8.57. The van der Waals surface area contributed by atoms with Gasteiger partial charge in [0, 0.05) is 12.3 Å². The molecule has 0 aliphatic rings. The number of nitrogens with one attached hydrogen (secondary N) is 1. The monoisotopic (exact) mass is 313 g/mol. The van der Waals surface area contributed by atoms with Gasteiger partial charge >= 0.3 is 0 Å². The predicted molar refractivity (Wildman–Crippen MR) is 89.7 cm³/mol. The van der Waals surface area contributed by atoms with Crippen LogP contribution < -0.4 is 5.32 Å². The van der Waals surface area contributed by atoms with E-state index in [1.54, 1.807) is 29.3 Å². The van der Waals surface area contributed by atoms with E-state index in [1.807, 2.05) is 12.3 Å². The quantitative estimate of drug-likeness (QED) is 0.683. The van der Waals surface area contributed by atoms with Gasteiger partial charge in [-0.25, -0.2) is 4.98 Å². The molecule has 0 radical (unpaired) electrons. The molecule has 3 rings (SSSR count). The molecule has 0 aliphatic carbocycles. The molecule has 0 bridgehead atoms. The second-order valence-electron chi connectivity index (χ2n) is 4.50. The molecule has 0 atom stereocenters. The van der Waals surface area contributed by atoms with Crippen molar-refractivity contribution in [2.24, 2.45) is 0 Å². The first kappa shape index (κ1) is 14.1. The van der Waals surface area contributed by atoms with E-state index in [-0.39, 0.29) is 0 Å². The minimum absolute atomic E-state index is 0.783. The molecule has 1 aromatic carbocycles. The Hall–Kier alpha value is -1.85. The lowest BCUT2D eigenvalue weighted by Gasteiger charge is -2.06. The Morgan fingerprint density at radius 3 is 2.76 bits per heavy atom. The van der Waals surface area contributed by atoms with Crippen molar-refractivity contribution < 1.29 is 0 Å². The van der Waals surface area contributed by atoms with Crippen molar-refractivity contribution in [3.05, 3.63) is 70.7 Å². The number of rotatable bonds is 6. The highest BCUT2D eigenvalue weighted by atomic mass is 32.2. The highest BCUT2D eigenvalue weighted by Gasteiger charge is 2.01. The molecule has 0 saturated heterocycles. The predicted octanol–water partition coefficient (Wildman–Crippen LogP) is 4.44. The average molecular weight is 313 g/mol. The number of hydrogen-bond acceptors (Lipinski definition) is 5. The minimum Gasteiger partial charge on any atom is -0.365 e. The lowest BCUT2D eigenvalue weighted by Crippen LogP contribution is -2.01. The molecule has 2 heterocycles. The summed E-state index contributed by atoms with van der Waals surface area (Å²) in [4.78, 5) is 8.83. The molecule has 0 unspecified atom stereocenters. The number of anilines is 1. The number of nitrogens with zero attached hydrogens (tertiary/aromatic N) is 2.